The number of carboxylic acids is 1. The number of hydrogen-bond donors (Lipinski definition) is 2. The number of aryl methyl sites for hydroxylation is 1. The van der Waals surface area contributed by atoms with Crippen molar-refractivity contribution in [2.24, 2.45) is 5.73 Å². The van der Waals surface area contributed by atoms with E-state index in [1.165, 1.54) is 0 Å². The van der Waals surface area contributed by atoms with Gasteiger partial charge in [-0.2, -0.15) is 13.2 Å². The van der Waals surface area contributed by atoms with Gasteiger partial charge in [0.1, 0.15) is 5.41 Å². The Balaban J connectivity index is 3.05. The first kappa shape index (κ1) is 16.5. The van der Waals surface area contributed by atoms with Gasteiger partial charge in [0.15, 0.2) is 0 Å². The maximum absolute atomic E-state index is 12.2. The van der Waals surface area contributed by atoms with E-state index in [0.717, 1.165) is 0 Å². The summed E-state index contributed by atoms with van der Waals surface area (Å²) in [5.41, 5.74) is 5.33. The monoisotopic (exact) mass is 289 g/mol. The molecule has 0 saturated carbocycles. The predicted molar refractivity (Wildman–Crippen MR) is 69.5 cm³/mol. The van der Waals surface area contributed by atoms with Crippen LogP contribution in [0.5, 0.6) is 0 Å². The van der Waals surface area contributed by atoms with Crippen LogP contribution in [0.3, 0.4) is 0 Å². The van der Waals surface area contributed by atoms with E-state index >= 15 is 0 Å². The second-order valence-electron chi connectivity index (χ2n) is 4.88. The summed E-state index contributed by atoms with van der Waals surface area (Å²) in [7, 11) is 0. The lowest BCUT2D eigenvalue weighted by Gasteiger charge is -2.30. The van der Waals surface area contributed by atoms with Crippen LogP contribution in [0.4, 0.5) is 13.2 Å². The highest BCUT2D eigenvalue weighted by Gasteiger charge is 2.40. The number of hydrogen-bond acceptors (Lipinski definition) is 2. The molecule has 1 atom stereocenters. The molecule has 0 aromatic heterocycles. The lowest BCUT2D eigenvalue weighted by molar-refractivity contribution is -0.147. The quantitative estimate of drug-likeness (QED) is 0.846. The Labute approximate surface area is 115 Å². The fraction of sp³-hybridized carbons (Fsp3) is 0.500. The van der Waals surface area contributed by atoms with Crippen molar-refractivity contribution < 1.29 is 23.1 Å². The Morgan fingerprint density at radius 1 is 1.25 bits per heavy atom. The third-order valence-electron chi connectivity index (χ3n) is 3.48. The highest BCUT2D eigenvalue weighted by atomic mass is 19.4. The van der Waals surface area contributed by atoms with Gasteiger partial charge in [0, 0.05) is 13.0 Å². The predicted octanol–water partition coefficient (Wildman–Crippen LogP) is 3.01. The molecule has 6 heteroatoms. The third-order valence-corrected chi connectivity index (χ3v) is 3.48. The molecular formula is C14H18F3NO2. The maximum Gasteiger partial charge on any atom is 0.389 e. The number of alkyl halides is 3. The van der Waals surface area contributed by atoms with Gasteiger partial charge in [0.05, 0.1) is 0 Å². The van der Waals surface area contributed by atoms with E-state index in [4.69, 9.17) is 5.73 Å². The normalized spacial score (nSPS) is 14.8. The highest BCUT2D eigenvalue weighted by Crippen LogP contribution is 2.34. The number of carboxylic acid groups (broad SMARTS) is 1. The summed E-state index contributed by atoms with van der Waals surface area (Å²) in [6, 6.07) is 6.76. The van der Waals surface area contributed by atoms with E-state index in [0.29, 0.717) is 11.1 Å². The van der Waals surface area contributed by atoms with Gasteiger partial charge in [-0.25, -0.2) is 0 Å². The molecule has 3 N–H and O–H groups in total. The molecule has 0 aliphatic rings. The van der Waals surface area contributed by atoms with Crippen LogP contribution in [0.25, 0.3) is 0 Å². The number of halogens is 3. The van der Waals surface area contributed by atoms with Crippen LogP contribution in [0.1, 0.15) is 30.4 Å². The van der Waals surface area contributed by atoms with E-state index in [9.17, 15) is 23.1 Å². The fourth-order valence-corrected chi connectivity index (χ4v) is 2.36. The van der Waals surface area contributed by atoms with Gasteiger partial charge in [-0.05, 0) is 30.9 Å². The molecule has 0 bridgehead atoms. The van der Waals surface area contributed by atoms with Crippen LogP contribution in [0.15, 0.2) is 24.3 Å². The Morgan fingerprint density at radius 2 is 1.85 bits per heavy atom. The molecule has 0 fully saturated rings. The van der Waals surface area contributed by atoms with Crippen molar-refractivity contribution >= 4 is 5.97 Å². The number of nitrogens with two attached hydrogens (primary N) is 1. The van der Waals surface area contributed by atoms with E-state index in [1.54, 1.807) is 31.2 Å². The van der Waals surface area contributed by atoms with Gasteiger partial charge in [-0.15, -0.1) is 0 Å². The summed E-state index contributed by atoms with van der Waals surface area (Å²) < 4.78 is 36.7. The van der Waals surface area contributed by atoms with Gasteiger partial charge in [-0.1, -0.05) is 24.3 Å². The van der Waals surface area contributed by atoms with E-state index < -0.39 is 24.0 Å². The molecule has 1 aromatic rings. The molecule has 0 aliphatic heterocycles. The highest BCUT2D eigenvalue weighted by molar-refractivity contribution is 5.82. The fourth-order valence-electron chi connectivity index (χ4n) is 2.36. The summed E-state index contributed by atoms with van der Waals surface area (Å²) >= 11 is 0. The maximum atomic E-state index is 12.2. The summed E-state index contributed by atoms with van der Waals surface area (Å²) in [6.45, 7) is 1.50. The molecule has 3 nitrogen and oxygen atoms in total. The number of aliphatic carboxylic acids is 1. The van der Waals surface area contributed by atoms with Gasteiger partial charge >= 0.3 is 12.1 Å². The third kappa shape index (κ3) is 3.72. The van der Waals surface area contributed by atoms with Crippen molar-refractivity contribution in [3.8, 4) is 0 Å². The van der Waals surface area contributed by atoms with E-state index in [1.807, 2.05) is 0 Å². The minimum absolute atomic E-state index is 0.136. The Bertz CT molecular complexity index is 474. The Hall–Kier alpha value is -1.56. The second kappa shape index (κ2) is 6.26. The first-order valence-corrected chi connectivity index (χ1v) is 6.29. The zero-order valence-corrected chi connectivity index (χ0v) is 11.2. The van der Waals surface area contributed by atoms with Gasteiger partial charge < -0.3 is 10.8 Å². The van der Waals surface area contributed by atoms with E-state index in [-0.39, 0.29) is 19.4 Å². The molecule has 0 spiro atoms. The minimum atomic E-state index is -4.29. The molecule has 112 valence electrons. The molecular weight excluding hydrogens is 271 g/mol. The summed E-state index contributed by atoms with van der Waals surface area (Å²) in [4.78, 5) is 11.6. The van der Waals surface area contributed by atoms with E-state index in [2.05, 4.69) is 0 Å². The number of carbonyl (C=O) groups is 1. The zero-order chi connectivity index (χ0) is 15.4. The standard InChI is InChI=1S/C14H18F3NO2/c1-10-5-2-3-6-11(10)13(9-18,12(19)20)7-4-8-14(15,16)17/h2-3,5-6H,4,7-9,18H2,1H3,(H,19,20). The number of benzene rings is 1. The van der Waals surface area contributed by atoms with Crippen LogP contribution in [-0.2, 0) is 10.2 Å². The van der Waals surface area contributed by atoms with Crippen molar-refractivity contribution in [2.45, 2.75) is 37.8 Å². The van der Waals surface area contributed by atoms with Crippen LogP contribution in [-0.4, -0.2) is 23.8 Å². The first-order chi connectivity index (χ1) is 9.23. The summed E-state index contributed by atoms with van der Waals surface area (Å²) in [5, 5.41) is 9.47. The van der Waals surface area contributed by atoms with Crippen LogP contribution in [0, 0.1) is 6.92 Å². The topological polar surface area (TPSA) is 63.3 Å². The number of rotatable bonds is 6. The smallest absolute Gasteiger partial charge is 0.389 e. The van der Waals surface area contributed by atoms with Crippen molar-refractivity contribution in [2.75, 3.05) is 6.54 Å². The Kier molecular flexibility index (Phi) is 5.16. The molecule has 0 aliphatic carbocycles. The molecule has 1 unspecified atom stereocenters. The largest absolute Gasteiger partial charge is 0.481 e. The zero-order valence-electron chi connectivity index (χ0n) is 11.2. The van der Waals surface area contributed by atoms with Crippen molar-refractivity contribution in [1.82, 2.24) is 0 Å². The summed E-state index contributed by atoms with van der Waals surface area (Å²) in [6.07, 6.45) is -5.69. The average Bonchev–Trinajstić information content (AvgIpc) is 2.34. The summed E-state index contributed by atoms with van der Waals surface area (Å²) in [5.74, 6) is -1.18. The van der Waals surface area contributed by atoms with Crippen LogP contribution >= 0.6 is 0 Å². The lowest BCUT2D eigenvalue weighted by Crippen LogP contribution is -2.43. The SMILES string of the molecule is Cc1ccccc1C(CN)(CCCC(F)(F)F)C(=O)O. The Morgan fingerprint density at radius 3 is 2.30 bits per heavy atom. The molecule has 1 rings (SSSR count). The molecule has 0 radical (unpaired) electrons. The van der Waals surface area contributed by atoms with Crippen molar-refractivity contribution in [3.05, 3.63) is 35.4 Å². The van der Waals surface area contributed by atoms with Gasteiger partial charge in [-0.3, -0.25) is 4.79 Å². The van der Waals surface area contributed by atoms with Crippen LogP contribution < -0.4 is 5.73 Å². The minimum Gasteiger partial charge on any atom is -0.481 e. The first-order valence-electron chi connectivity index (χ1n) is 6.29. The molecule has 20 heavy (non-hydrogen) atoms. The van der Waals surface area contributed by atoms with Gasteiger partial charge in [0.2, 0.25) is 0 Å². The van der Waals surface area contributed by atoms with Crippen LogP contribution in [0.2, 0.25) is 0 Å². The molecule has 1 aromatic carbocycles. The second-order valence-corrected chi connectivity index (χ2v) is 4.88. The molecule has 0 amide bonds. The van der Waals surface area contributed by atoms with Gasteiger partial charge in [0.25, 0.3) is 0 Å². The lowest BCUT2D eigenvalue weighted by atomic mass is 9.74. The average molecular weight is 289 g/mol. The van der Waals surface area contributed by atoms with Crippen molar-refractivity contribution in [3.63, 3.8) is 0 Å². The molecule has 0 heterocycles. The van der Waals surface area contributed by atoms with Crippen molar-refractivity contribution in [1.29, 1.82) is 0 Å². The molecule has 0 saturated heterocycles.